The molecular weight excluding hydrogens is 441 g/mol. The van der Waals surface area contributed by atoms with Crippen LogP contribution < -0.4 is 0 Å². The summed E-state index contributed by atoms with van der Waals surface area (Å²) < 4.78 is 40.7. The lowest BCUT2D eigenvalue weighted by molar-refractivity contribution is -0.143. The van der Waals surface area contributed by atoms with Gasteiger partial charge in [0.2, 0.25) is 6.10 Å². The highest BCUT2D eigenvalue weighted by molar-refractivity contribution is 7.91. The summed E-state index contributed by atoms with van der Waals surface area (Å²) in [4.78, 5) is 19.6. The summed E-state index contributed by atoms with van der Waals surface area (Å²) in [5.41, 5.74) is 1.09. The predicted octanol–water partition coefficient (Wildman–Crippen LogP) is 2.57. The van der Waals surface area contributed by atoms with Crippen LogP contribution in [0.1, 0.15) is 12.0 Å². The van der Waals surface area contributed by atoms with Crippen molar-refractivity contribution in [3.05, 3.63) is 52.1 Å². The number of benzene rings is 1. The molecule has 1 aromatic carbocycles. The second-order valence-corrected chi connectivity index (χ2v) is 10.5. The number of oxime groups is 1. The Kier molecular flexibility index (Phi) is 5.60. The van der Waals surface area contributed by atoms with Gasteiger partial charge in [0.15, 0.2) is 0 Å². The third kappa shape index (κ3) is 4.16. The summed E-state index contributed by atoms with van der Waals surface area (Å²) in [5.74, 6) is -0.638. The number of rotatable bonds is 4. The predicted molar refractivity (Wildman–Crippen MR) is 107 cm³/mol. The number of piperazine rings is 1. The molecule has 0 aliphatic carbocycles. The Labute approximate surface area is 176 Å². The van der Waals surface area contributed by atoms with Gasteiger partial charge in [0.25, 0.3) is 15.9 Å². The van der Waals surface area contributed by atoms with Crippen LogP contribution in [0.3, 0.4) is 0 Å². The molecule has 1 amide bonds. The molecule has 0 radical (unpaired) electrons. The number of carbonyl (C=O) groups excluding carboxylic acids is 1. The number of hydrogen-bond donors (Lipinski definition) is 0. The molecule has 0 N–H and O–H groups in total. The number of amides is 1. The van der Waals surface area contributed by atoms with Gasteiger partial charge in [0.1, 0.15) is 10.0 Å². The van der Waals surface area contributed by atoms with Crippen LogP contribution in [-0.2, 0) is 19.7 Å². The largest absolute Gasteiger partial charge is 0.382 e. The van der Waals surface area contributed by atoms with E-state index in [9.17, 15) is 17.6 Å². The number of carbonyl (C=O) groups is 1. The van der Waals surface area contributed by atoms with Crippen molar-refractivity contribution in [2.24, 2.45) is 5.16 Å². The monoisotopic (exact) mass is 457 g/mol. The standard InChI is InChI=1S/C18H17ClFN3O4S2/c19-16-4-5-17(28-16)29(25,26)23-8-6-22(7-9-23)18(24)15-11-14(21-27-15)12-2-1-3-13(20)10-12/h1-5,10,15H,6-9,11H2. The van der Waals surface area contributed by atoms with E-state index in [4.69, 9.17) is 16.4 Å². The fraction of sp³-hybridized carbons (Fsp3) is 0.333. The molecule has 1 unspecified atom stereocenters. The molecule has 0 spiro atoms. The van der Waals surface area contributed by atoms with Gasteiger partial charge in [-0.1, -0.05) is 28.9 Å². The number of nitrogens with zero attached hydrogens (tertiary/aromatic N) is 3. The van der Waals surface area contributed by atoms with Crippen molar-refractivity contribution in [3.63, 3.8) is 0 Å². The average molecular weight is 458 g/mol. The summed E-state index contributed by atoms with van der Waals surface area (Å²) in [7, 11) is -3.62. The van der Waals surface area contributed by atoms with Crippen LogP contribution in [0.5, 0.6) is 0 Å². The van der Waals surface area contributed by atoms with Crippen molar-refractivity contribution in [1.29, 1.82) is 0 Å². The van der Waals surface area contributed by atoms with Crippen molar-refractivity contribution in [3.8, 4) is 0 Å². The Hall–Kier alpha value is -2.01. The molecule has 1 saturated heterocycles. The van der Waals surface area contributed by atoms with Gasteiger partial charge >= 0.3 is 0 Å². The molecule has 1 atom stereocenters. The molecule has 11 heteroatoms. The average Bonchev–Trinajstić information content (AvgIpc) is 3.37. The van der Waals surface area contributed by atoms with Gasteiger partial charge in [0, 0.05) is 38.2 Å². The van der Waals surface area contributed by atoms with E-state index in [1.54, 1.807) is 23.1 Å². The summed E-state index contributed by atoms with van der Waals surface area (Å²) in [6.07, 6.45) is -0.540. The van der Waals surface area contributed by atoms with Gasteiger partial charge < -0.3 is 9.74 Å². The molecule has 7 nitrogen and oxygen atoms in total. The van der Waals surface area contributed by atoms with E-state index in [-0.39, 0.29) is 48.5 Å². The first-order chi connectivity index (χ1) is 13.8. The van der Waals surface area contributed by atoms with Gasteiger partial charge in [-0.2, -0.15) is 4.31 Å². The van der Waals surface area contributed by atoms with E-state index in [1.807, 2.05) is 0 Å². The molecule has 2 aliphatic heterocycles. The van der Waals surface area contributed by atoms with Crippen molar-refractivity contribution in [2.75, 3.05) is 26.2 Å². The lowest BCUT2D eigenvalue weighted by Gasteiger charge is -2.34. The third-order valence-electron chi connectivity index (χ3n) is 4.80. The van der Waals surface area contributed by atoms with E-state index < -0.39 is 16.1 Å². The number of thiophene rings is 1. The maximum Gasteiger partial charge on any atom is 0.266 e. The van der Waals surface area contributed by atoms with Crippen molar-refractivity contribution in [1.82, 2.24) is 9.21 Å². The fourth-order valence-corrected chi connectivity index (χ4v) is 6.32. The molecule has 2 aromatic rings. The summed E-state index contributed by atoms with van der Waals surface area (Å²) in [6.45, 7) is 0.889. The van der Waals surface area contributed by atoms with Crippen molar-refractivity contribution < 1.29 is 22.4 Å². The molecule has 154 valence electrons. The van der Waals surface area contributed by atoms with E-state index in [0.29, 0.717) is 15.6 Å². The zero-order valence-electron chi connectivity index (χ0n) is 15.1. The first-order valence-electron chi connectivity index (χ1n) is 8.87. The van der Waals surface area contributed by atoms with Crippen molar-refractivity contribution >= 4 is 44.6 Å². The molecule has 4 rings (SSSR count). The topological polar surface area (TPSA) is 79.3 Å². The normalized spacial score (nSPS) is 20.4. The number of halogens is 2. The van der Waals surface area contributed by atoms with Gasteiger partial charge in [0.05, 0.1) is 10.0 Å². The van der Waals surface area contributed by atoms with E-state index in [2.05, 4.69) is 5.16 Å². The molecule has 2 aliphatic rings. The Morgan fingerprint density at radius 3 is 2.62 bits per heavy atom. The van der Waals surface area contributed by atoms with Gasteiger partial charge in [-0.15, -0.1) is 11.3 Å². The lowest BCUT2D eigenvalue weighted by atomic mass is 10.0. The smallest absolute Gasteiger partial charge is 0.266 e. The van der Waals surface area contributed by atoms with Gasteiger partial charge in [-0.05, 0) is 24.3 Å². The Morgan fingerprint density at radius 2 is 1.97 bits per heavy atom. The van der Waals surface area contributed by atoms with Crippen LogP contribution >= 0.6 is 22.9 Å². The minimum Gasteiger partial charge on any atom is -0.382 e. The minimum atomic E-state index is -3.62. The van der Waals surface area contributed by atoms with Crippen LogP contribution in [0.2, 0.25) is 4.34 Å². The quantitative estimate of drug-likeness (QED) is 0.706. The Morgan fingerprint density at radius 1 is 1.21 bits per heavy atom. The molecule has 0 bridgehead atoms. The second-order valence-electron chi connectivity index (χ2n) is 6.63. The molecule has 3 heterocycles. The molecule has 29 heavy (non-hydrogen) atoms. The Bertz CT molecular complexity index is 1060. The van der Waals surface area contributed by atoms with Gasteiger partial charge in [-0.3, -0.25) is 4.79 Å². The second kappa shape index (κ2) is 8.02. The molecule has 1 aromatic heterocycles. The third-order valence-corrected chi connectivity index (χ3v) is 8.39. The van der Waals surface area contributed by atoms with Crippen LogP contribution in [0.4, 0.5) is 4.39 Å². The zero-order chi connectivity index (χ0) is 20.6. The van der Waals surface area contributed by atoms with Crippen LogP contribution in [0.25, 0.3) is 0 Å². The lowest BCUT2D eigenvalue weighted by Crippen LogP contribution is -2.52. The van der Waals surface area contributed by atoms with Gasteiger partial charge in [-0.25, -0.2) is 12.8 Å². The van der Waals surface area contributed by atoms with E-state index >= 15 is 0 Å². The molecule has 1 fully saturated rings. The minimum absolute atomic E-state index is 0.188. The zero-order valence-corrected chi connectivity index (χ0v) is 17.5. The van der Waals surface area contributed by atoms with Crippen LogP contribution in [-0.4, -0.2) is 61.5 Å². The van der Waals surface area contributed by atoms with Crippen LogP contribution in [0, 0.1) is 5.82 Å². The van der Waals surface area contributed by atoms with E-state index in [1.165, 1.54) is 22.5 Å². The maximum absolute atomic E-state index is 13.4. The number of hydrogen-bond acceptors (Lipinski definition) is 6. The summed E-state index contributed by atoms with van der Waals surface area (Å²) in [6, 6.07) is 8.99. The highest BCUT2D eigenvalue weighted by Gasteiger charge is 2.36. The molecular formula is C18H17ClFN3O4S2. The highest BCUT2D eigenvalue weighted by Crippen LogP contribution is 2.29. The Balaban J connectivity index is 1.35. The maximum atomic E-state index is 13.4. The first-order valence-corrected chi connectivity index (χ1v) is 11.5. The SMILES string of the molecule is O=C(C1CC(c2cccc(F)c2)=NO1)N1CCN(S(=O)(=O)c2ccc(Cl)s2)CC1. The summed E-state index contributed by atoms with van der Waals surface area (Å²) in [5, 5.41) is 3.93. The highest BCUT2D eigenvalue weighted by atomic mass is 35.5. The van der Waals surface area contributed by atoms with E-state index in [0.717, 1.165) is 11.3 Å². The molecule has 0 saturated carbocycles. The fourth-order valence-electron chi connectivity index (χ4n) is 3.26. The number of sulfonamides is 1. The van der Waals surface area contributed by atoms with Crippen molar-refractivity contribution in [2.45, 2.75) is 16.7 Å². The van der Waals surface area contributed by atoms with Crippen LogP contribution in [0.15, 0.2) is 45.8 Å². The summed E-state index contributed by atoms with van der Waals surface area (Å²) >= 11 is 6.85. The first kappa shape index (κ1) is 20.3.